The van der Waals surface area contributed by atoms with Gasteiger partial charge >= 0.3 is 0 Å². The first-order valence-corrected chi connectivity index (χ1v) is 0. The van der Waals surface area contributed by atoms with Crippen molar-refractivity contribution in [2.75, 3.05) is 0 Å². The zero-order chi connectivity index (χ0) is 0. The Bertz CT molecular complexity index is 0. The van der Waals surface area contributed by atoms with Gasteiger partial charge in [0.05, 0.1) is 0 Å². The predicted molar refractivity (Wildman–Crippen MR) is 0 cm³/mol. The average molecular weight is 672 g/mol. The van der Waals surface area contributed by atoms with Crippen molar-refractivity contribution >= 4 is 0 Å². The third kappa shape index (κ3) is 36.2. The summed E-state index contributed by atoms with van der Waals surface area (Å²) >= 11 is 0. The molecule has 7 heteroatoms. The minimum Gasteiger partial charge on any atom is 0 e. The third-order valence-corrected chi connectivity index (χ3v) is 0. The van der Waals surface area contributed by atoms with Gasteiger partial charge in [-0.05, 0) is 0 Å². The molecule has 0 aromatic rings. The molecule has 0 aromatic heterocycles. The Morgan fingerprint density at radius 3 is 0.143 bits per heavy atom. The number of hydrogen-bond acceptors (Lipinski definition) is 0. The molecule has 0 fully saturated rings. The Morgan fingerprint density at radius 2 is 0.143 bits per heavy atom. The van der Waals surface area contributed by atoms with Crippen molar-refractivity contribution in [3.8, 4) is 0 Å². The van der Waals surface area contributed by atoms with Crippen molar-refractivity contribution in [3.05, 3.63) is 0 Å². The van der Waals surface area contributed by atoms with Crippen LogP contribution in [-0.4, -0.2) is 0 Å². The molecule has 0 atom stereocenters. The first kappa shape index (κ1) is 59.6. The molecule has 0 aliphatic rings. The van der Waals surface area contributed by atoms with E-state index in [1.54, 1.807) is 0 Å². The van der Waals surface area contributed by atoms with Gasteiger partial charge in [0.2, 0.25) is 0 Å². The van der Waals surface area contributed by atoms with E-state index < -0.39 is 0 Å². The number of rotatable bonds is 0. The van der Waals surface area contributed by atoms with Gasteiger partial charge in [0.1, 0.15) is 0 Å². The molecule has 0 rings (SSSR count). The van der Waals surface area contributed by atoms with Crippen molar-refractivity contribution in [2.45, 2.75) is 0 Å². The molecular formula is Mo7. The minimum atomic E-state index is 0. The van der Waals surface area contributed by atoms with E-state index in [1.807, 2.05) is 0 Å². The molecule has 0 aliphatic heterocycles. The minimum absolute atomic E-state index is 0. The van der Waals surface area contributed by atoms with Gasteiger partial charge in [0, 0.05) is 147 Å². The molecule has 0 spiro atoms. The van der Waals surface area contributed by atoms with Gasteiger partial charge in [0.15, 0.2) is 0 Å². The molecule has 0 radical (unpaired) electrons. The first-order valence-electron chi connectivity index (χ1n) is 0. The molecule has 0 N–H and O–H groups in total. The zero-order valence-electron chi connectivity index (χ0n) is 2.86. The molecule has 0 nitrogen and oxygen atoms in total. The maximum absolute atomic E-state index is 0. The second-order valence-electron chi connectivity index (χ2n) is 0. The Kier molecular flexibility index (Phi) is 382. The van der Waals surface area contributed by atoms with Crippen LogP contribution in [-0.2, 0) is 147 Å². The monoisotopic (exact) mass is 685 g/mol. The van der Waals surface area contributed by atoms with E-state index in [9.17, 15) is 0 Å². The van der Waals surface area contributed by atoms with E-state index >= 15 is 0 Å². The van der Waals surface area contributed by atoms with Crippen molar-refractivity contribution < 1.29 is 147 Å². The Hall–Kier alpha value is 4.82. The normalized spacial score (nSPS) is 0. The summed E-state index contributed by atoms with van der Waals surface area (Å²) in [6.07, 6.45) is 0. The second-order valence-corrected chi connectivity index (χ2v) is 0. The summed E-state index contributed by atoms with van der Waals surface area (Å²) in [7, 11) is 0. The molecule has 0 aromatic carbocycles. The van der Waals surface area contributed by atoms with E-state index in [0.29, 0.717) is 0 Å². The van der Waals surface area contributed by atoms with Crippen LogP contribution in [0.3, 0.4) is 0 Å². The van der Waals surface area contributed by atoms with Crippen LogP contribution in [0.15, 0.2) is 0 Å². The molecule has 0 aliphatic carbocycles. The standard InChI is InChI=1S/7Mo. The van der Waals surface area contributed by atoms with Crippen LogP contribution in [0.1, 0.15) is 0 Å². The average Bonchev–Trinajstić information content (AvgIpc) is 0. The first-order chi connectivity index (χ1) is 0. The van der Waals surface area contributed by atoms with E-state index in [2.05, 4.69) is 0 Å². The molecule has 0 amide bonds. The largest absolute Gasteiger partial charge is 0 e. The van der Waals surface area contributed by atoms with Gasteiger partial charge in [-0.25, -0.2) is 0 Å². The Labute approximate surface area is 144 Å². The van der Waals surface area contributed by atoms with Gasteiger partial charge < -0.3 is 0 Å². The summed E-state index contributed by atoms with van der Waals surface area (Å²) in [5.74, 6) is 0. The van der Waals surface area contributed by atoms with Gasteiger partial charge in [-0.2, -0.15) is 0 Å². The van der Waals surface area contributed by atoms with E-state index in [1.165, 1.54) is 0 Å². The second kappa shape index (κ2) is 44.9. The number of hydrogen-bond donors (Lipinski definition) is 0. The summed E-state index contributed by atoms with van der Waals surface area (Å²) in [4.78, 5) is 0. The van der Waals surface area contributed by atoms with E-state index in [-0.39, 0.29) is 147 Å². The maximum atomic E-state index is 0. The van der Waals surface area contributed by atoms with E-state index in [4.69, 9.17) is 0 Å². The zero-order valence-corrected chi connectivity index (χ0v) is 16.9. The Morgan fingerprint density at radius 1 is 0.143 bits per heavy atom. The van der Waals surface area contributed by atoms with Crippen LogP contribution in [0.5, 0.6) is 0 Å². The maximum Gasteiger partial charge on any atom is 0 e. The van der Waals surface area contributed by atoms with Gasteiger partial charge in [-0.3, -0.25) is 0 Å². The molecule has 0 saturated heterocycles. The predicted octanol–water partition coefficient (Wildman–Crippen LogP) is -0.0175. The van der Waals surface area contributed by atoms with Crippen molar-refractivity contribution in [1.29, 1.82) is 0 Å². The quantitative estimate of drug-likeness (QED) is 0.318. The molecule has 0 unspecified atom stereocenters. The van der Waals surface area contributed by atoms with Gasteiger partial charge in [-0.15, -0.1) is 0 Å². The summed E-state index contributed by atoms with van der Waals surface area (Å²) < 4.78 is 0. The molecule has 42 valence electrons. The summed E-state index contributed by atoms with van der Waals surface area (Å²) in [6.45, 7) is 0. The van der Waals surface area contributed by atoms with Crippen LogP contribution >= 0.6 is 0 Å². The van der Waals surface area contributed by atoms with Crippen LogP contribution in [0.2, 0.25) is 0 Å². The molecule has 7 heavy (non-hydrogen) atoms. The van der Waals surface area contributed by atoms with Crippen LogP contribution < -0.4 is 0 Å². The summed E-state index contributed by atoms with van der Waals surface area (Å²) in [6, 6.07) is 0. The fraction of sp³-hybridized carbons (Fsp3) is 0. The van der Waals surface area contributed by atoms with Gasteiger partial charge in [-0.1, -0.05) is 0 Å². The van der Waals surface area contributed by atoms with Crippen LogP contribution in [0, 0.1) is 0 Å². The van der Waals surface area contributed by atoms with E-state index in [0.717, 1.165) is 0 Å². The molecule has 0 heterocycles. The van der Waals surface area contributed by atoms with Crippen molar-refractivity contribution in [1.82, 2.24) is 0 Å². The fourth-order valence-electron chi connectivity index (χ4n) is 0. The van der Waals surface area contributed by atoms with Crippen molar-refractivity contribution in [3.63, 3.8) is 0 Å². The summed E-state index contributed by atoms with van der Waals surface area (Å²) in [5.41, 5.74) is 0. The fourth-order valence-corrected chi connectivity index (χ4v) is 0. The smallest absolute Gasteiger partial charge is 0 e. The van der Waals surface area contributed by atoms with Crippen LogP contribution in [0.25, 0.3) is 0 Å². The SMILES string of the molecule is [Mo].[Mo].[Mo].[Mo].[Mo].[Mo].[Mo]. The molecule has 0 saturated carbocycles. The van der Waals surface area contributed by atoms with Crippen molar-refractivity contribution in [2.24, 2.45) is 0 Å². The summed E-state index contributed by atoms with van der Waals surface area (Å²) in [5, 5.41) is 0. The topological polar surface area (TPSA) is 0 Å². The molecular weight excluding hydrogens is 672 g/mol. The molecule has 0 bridgehead atoms. The third-order valence-electron chi connectivity index (χ3n) is 0. The van der Waals surface area contributed by atoms with Crippen LogP contribution in [0.4, 0.5) is 0 Å². The van der Waals surface area contributed by atoms with Gasteiger partial charge in [0.25, 0.3) is 0 Å². The Balaban J connectivity index is 0.